The van der Waals surface area contributed by atoms with Crippen LogP contribution in [0.4, 0.5) is 17.6 Å². The first-order chi connectivity index (χ1) is 8.43. The molecule has 0 bridgehead atoms. The first-order valence-corrected chi connectivity index (χ1v) is 5.46. The van der Waals surface area contributed by atoms with E-state index in [0.29, 0.717) is 6.07 Å². The van der Waals surface area contributed by atoms with Gasteiger partial charge in [-0.25, -0.2) is 17.6 Å². The fraction of sp³-hybridized carbons (Fsp3) is 0. The number of hydrogen-bond donors (Lipinski definition) is 0. The van der Waals surface area contributed by atoms with E-state index in [1.54, 1.807) is 0 Å². The number of halogens is 6. The van der Waals surface area contributed by atoms with Crippen LogP contribution in [0.5, 0.6) is 0 Å². The Hall–Kier alpha value is -1.26. The zero-order valence-electron chi connectivity index (χ0n) is 8.58. The van der Waals surface area contributed by atoms with Gasteiger partial charge >= 0.3 is 0 Å². The van der Waals surface area contributed by atoms with Crippen LogP contribution in [0.1, 0.15) is 0 Å². The van der Waals surface area contributed by atoms with Gasteiger partial charge in [-0.05, 0) is 18.2 Å². The molecule has 0 saturated heterocycles. The normalized spacial score (nSPS) is 10.8. The second kappa shape index (κ2) is 4.78. The van der Waals surface area contributed by atoms with Crippen LogP contribution >= 0.6 is 23.2 Å². The minimum absolute atomic E-state index is 0.00630. The number of benzene rings is 2. The molecule has 0 spiro atoms. The van der Waals surface area contributed by atoms with Crippen molar-refractivity contribution < 1.29 is 17.6 Å². The lowest BCUT2D eigenvalue weighted by Gasteiger charge is -2.09. The first-order valence-electron chi connectivity index (χ1n) is 4.71. The van der Waals surface area contributed by atoms with Gasteiger partial charge in [0.2, 0.25) is 0 Å². The van der Waals surface area contributed by atoms with Gasteiger partial charge in [-0.3, -0.25) is 0 Å². The molecule has 0 heterocycles. The van der Waals surface area contributed by atoms with E-state index in [9.17, 15) is 17.6 Å². The van der Waals surface area contributed by atoms with Crippen molar-refractivity contribution in [2.45, 2.75) is 0 Å². The largest absolute Gasteiger partial charge is 0.204 e. The van der Waals surface area contributed by atoms with Crippen molar-refractivity contribution >= 4 is 23.2 Å². The monoisotopic (exact) mass is 294 g/mol. The van der Waals surface area contributed by atoms with E-state index in [0.717, 1.165) is 0 Å². The molecule has 94 valence electrons. The summed E-state index contributed by atoms with van der Waals surface area (Å²) in [7, 11) is 0. The molecule has 0 N–H and O–H groups in total. The van der Waals surface area contributed by atoms with Crippen molar-refractivity contribution in [3.8, 4) is 11.1 Å². The van der Waals surface area contributed by atoms with Gasteiger partial charge in [0.05, 0.1) is 0 Å². The summed E-state index contributed by atoms with van der Waals surface area (Å²) in [5.74, 6) is -6.83. The average Bonchev–Trinajstić information content (AvgIpc) is 2.32. The third-order valence-electron chi connectivity index (χ3n) is 2.33. The van der Waals surface area contributed by atoms with Gasteiger partial charge in [0.1, 0.15) is 0 Å². The molecule has 0 amide bonds. The summed E-state index contributed by atoms with van der Waals surface area (Å²) in [6.07, 6.45) is 0. The summed E-state index contributed by atoms with van der Waals surface area (Å²) < 4.78 is 52.6. The maximum Gasteiger partial charge on any atom is 0.198 e. The Morgan fingerprint density at radius 1 is 0.778 bits per heavy atom. The predicted octanol–water partition coefficient (Wildman–Crippen LogP) is 5.22. The van der Waals surface area contributed by atoms with Crippen LogP contribution in [0.15, 0.2) is 24.3 Å². The summed E-state index contributed by atoms with van der Waals surface area (Å²) >= 11 is 11.6. The lowest BCUT2D eigenvalue weighted by atomic mass is 10.0. The molecule has 0 fully saturated rings. The second-order valence-corrected chi connectivity index (χ2v) is 4.26. The Labute approximate surface area is 110 Å². The highest BCUT2D eigenvalue weighted by atomic mass is 35.5. The molecule has 0 atom stereocenters. The average molecular weight is 295 g/mol. The van der Waals surface area contributed by atoms with E-state index in [2.05, 4.69) is 0 Å². The lowest BCUT2D eigenvalue weighted by Crippen LogP contribution is -1.99. The molecule has 0 radical (unpaired) electrons. The van der Waals surface area contributed by atoms with Crippen LogP contribution in [-0.4, -0.2) is 0 Å². The zero-order chi connectivity index (χ0) is 13.4. The van der Waals surface area contributed by atoms with Gasteiger partial charge in [0, 0.05) is 21.2 Å². The molecular formula is C12H4Cl2F4. The lowest BCUT2D eigenvalue weighted by molar-refractivity contribution is 0.411. The highest BCUT2D eigenvalue weighted by molar-refractivity contribution is 6.39. The highest BCUT2D eigenvalue weighted by Gasteiger charge is 2.22. The van der Waals surface area contributed by atoms with Gasteiger partial charge in [0.25, 0.3) is 0 Å². The second-order valence-electron chi connectivity index (χ2n) is 3.44. The third kappa shape index (κ3) is 2.06. The molecule has 0 saturated carbocycles. The van der Waals surface area contributed by atoms with E-state index in [-0.39, 0.29) is 15.6 Å². The van der Waals surface area contributed by atoms with Crippen molar-refractivity contribution in [3.63, 3.8) is 0 Å². The molecule has 2 aromatic rings. The molecule has 0 aromatic heterocycles. The van der Waals surface area contributed by atoms with Crippen LogP contribution in [-0.2, 0) is 0 Å². The highest BCUT2D eigenvalue weighted by Crippen LogP contribution is 2.37. The van der Waals surface area contributed by atoms with Crippen LogP contribution < -0.4 is 0 Å². The maximum absolute atomic E-state index is 13.6. The molecule has 2 aromatic carbocycles. The van der Waals surface area contributed by atoms with E-state index in [1.165, 1.54) is 18.2 Å². The molecule has 0 aliphatic carbocycles. The molecule has 0 unspecified atom stereocenters. The summed E-state index contributed by atoms with van der Waals surface area (Å²) in [4.78, 5) is 0. The maximum atomic E-state index is 13.6. The Morgan fingerprint density at radius 2 is 1.33 bits per heavy atom. The molecule has 0 aliphatic heterocycles. The Kier molecular flexibility index (Phi) is 3.50. The van der Waals surface area contributed by atoms with E-state index >= 15 is 0 Å². The SMILES string of the molecule is Fc1cc(-c2c(Cl)cccc2Cl)c(F)c(F)c1F. The van der Waals surface area contributed by atoms with Gasteiger partial charge in [-0.15, -0.1) is 0 Å². The molecule has 2 rings (SSSR count). The fourth-order valence-corrected chi connectivity index (χ4v) is 2.11. The van der Waals surface area contributed by atoms with Crippen LogP contribution in [0.25, 0.3) is 11.1 Å². The van der Waals surface area contributed by atoms with E-state index < -0.39 is 28.8 Å². The molecule has 6 heteroatoms. The van der Waals surface area contributed by atoms with Crippen molar-refractivity contribution in [1.29, 1.82) is 0 Å². The van der Waals surface area contributed by atoms with E-state index in [4.69, 9.17) is 23.2 Å². The van der Waals surface area contributed by atoms with Gasteiger partial charge in [-0.1, -0.05) is 29.3 Å². The first kappa shape index (κ1) is 13.2. The van der Waals surface area contributed by atoms with Crippen molar-refractivity contribution in [3.05, 3.63) is 57.6 Å². The summed E-state index contributed by atoms with van der Waals surface area (Å²) in [5, 5.41) is 0.0126. The Morgan fingerprint density at radius 3 is 1.89 bits per heavy atom. The van der Waals surface area contributed by atoms with Crippen molar-refractivity contribution in [1.82, 2.24) is 0 Å². The summed E-state index contributed by atoms with van der Waals surface area (Å²) in [6.45, 7) is 0. The molecular weight excluding hydrogens is 291 g/mol. The summed E-state index contributed by atoms with van der Waals surface area (Å²) in [5.41, 5.74) is -0.613. The molecule has 18 heavy (non-hydrogen) atoms. The topological polar surface area (TPSA) is 0 Å². The fourth-order valence-electron chi connectivity index (χ4n) is 1.51. The van der Waals surface area contributed by atoms with Crippen LogP contribution in [0, 0.1) is 23.3 Å². The Bertz CT molecular complexity index is 606. The minimum Gasteiger partial charge on any atom is -0.204 e. The minimum atomic E-state index is -1.90. The zero-order valence-corrected chi connectivity index (χ0v) is 10.1. The van der Waals surface area contributed by atoms with Crippen LogP contribution in [0.3, 0.4) is 0 Å². The van der Waals surface area contributed by atoms with Crippen molar-refractivity contribution in [2.75, 3.05) is 0 Å². The van der Waals surface area contributed by atoms with Crippen molar-refractivity contribution in [2.24, 2.45) is 0 Å². The number of rotatable bonds is 1. The standard InChI is InChI=1S/C12H4Cl2F4/c13-6-2-1-3-7(14)9(6)5-4-8(15)11(17)12(18)10(5)16/h1-4H. The van der Waals surface area contributed by atoms with Crippen LogP contribution in [0.2, 0.25) is 10.0 Å². The Balaban J connectivity index is 2.80. The van der Waals surface area contributed by atoms with E-state index in [1.807, 2.05) is 0 Å². The smallest absolute Gasteiger partial charge is 0.198 e. The third-order valence-corrected chi connectivity index (χ3v) is 2.96. The molecule has 0 nitrogen and oxygen atoms in total. The number of hydrogen-bond acceptors (Lipinski definition) is 0. The quantitative estimate of drug-likeness (QED) is 0.384. The van der Waals surface area contributed by atoms with Gasteiger partial charge in [-0.2, -0.15) is 0 Å². The predicted molar refractivity (Wildman–Crippen MR) is 61.7 cm³/mol. The molecule has 0 aliphatic rings. The van der Waals surface area contributed by atoms with Gasteiger partial charge < -0.3 is 0 Å². The summed E-state index contributed by atoms with van der Waals surface area (Å²) in [6, 6.07) is 4.76. The van der Waals surface area contributed by atoms with Gasteiger partial charge in [0.15, 0.2) is 23.3 Å².